The van der Waals surface area contributed by atoms with Gasteiger partial charge in [-0.15, -0.1) is 0 Å². The van der Waals surface area contributed by atoms with Gasteiger partial charge < -0.3 is 10.8 Å². The van der Waals surface area contributed by atoms with Crippen molar-refractivity contribution in [2.24, 2.45) is 5.73 Å². The third kappa shape index (κ3) is 3.40. The molecular formula is C18H13F3N2O2. The highest BCUT2D eigenvalue weighted by Crippen LogP contribution is 2.30. The summed E-state index contributed by atoms with van der Waals surface area (Å²) in [6, 6.07) is 9.68. The van der Waals surface area contributed by atoms with E-state index in [0.717, 1.165) is 17.7 Å². The van der Waals surface area contributed by atoms with Gasteiger partial charge in [-0.2, -0.15) is 13.2 Å². The quantitative estimate of drug-likeness (QED) is 0.760. The van der Waals surface area contributed by atoms with E-state index < -0.39 is 17.6 Å². The second-order valence-electron chi connectivity index (χ2n) is 5.61. The molecule has 0 aliphatic rings. The first kappa shape index (κ1) is 16.8. The van der Waals surface area contributed by atoms with Gasteiger partial charge in [0.15, 0.2) is 5.75 Å². The number of carbonyl (C=O) groups is 1. The molecule has 1 amide bonds. The van der Waals surface area contributed by atoms with Crippen LogP contribution in [0, 0.1) is 0 Å². The molecule has 0 saturated carbocycles. The Labute approximate surface area is 140 Å². The molecule has 1 heterocycles. The summed E-state index contributed by atoms with van der Waals surface area (Å²) < 4.78 is 37.7. The molecule has 0 spiro atoms. The summed E-state index contributed by atoms with van der Waals surface area (Å²) in [7, 11) is 0. The first-order valence-corrected chi connectivity index (χ1v) is 7.32. The topological polar surface area (TPSA) is 76.2 Å². The lowest BCUT2D eigenvalue weighted by molar-refractivity contribution is -0.137. The van der Waals surface area contributed by atoms with Crippen LogP contribution in [0.25, 0.3) is 10.9 Å². The van der Waals surface area contributed by atoms with Crippen molar-refractivity contribution < 1.29 is 23.1 Å². The minimum absolute atomic E-state index is 0.0181. The third-order valence-electron chi connectivity index (χ3n) is 3.84. The number of carbonyl (C=O) groups excluding carboxylic acids is 1. The van der Waals surface area contributed by atoms with Gasteiger partial charge in [0.25, 0.3) is 5.91 Å². The average Bonchev–Trinajstić information content (AvgIpc) is 2.54. The van der Waals surface area contributed by atoms with Crippen LogP contribution in [0.15, 0.2) is 48.7 Å². The van der Waals surface area contributed by atoms with E-state index in [1.54, 1.807) is 12.1 Å². The number of aromatic nitrogens is 1. The molecule has 0 fully saturated rings. The molecule has 25 heavy (non-hydrogen) atoms. The summed E-state index contributed by atoms with van der Waals surface area (Å²) in [4.78, 5) is 15.4. The summed E-state index contributed by atoms with van der Waals surface area (Å²) in [6.07, 6.45) is -2.47. The van der Waals surface area contributed by atoms with E-state index in [1.165, 1.54) is 24.4 Å². The lowest BCUT2D eigenvalue weighted by Crippen LogP contribution is -2.11. The van der Waals surface area contributed by atoms with Gasteiger partial charge in [-0.1, -0.05) is 18.2 Å². The van der Waals surface area contributed by atoms with E-state index >= 15 is 0 Å². The Hall–Kier alpha value is -3.09. The minimum Gasteiger partial charge on any atom is -0.505 e. The number of phenols is 1. The van der Waals surface area contributed by atoms with Crippen molar-refractivity contribution in [1.82, 2.24) is 4.98 Å². The Balaban J connectivity index is 1.90. The van der Waals surface area contributed by atoms with Gasteiger partial charge in [0, 0.05) is 11.6 Å². The number of fused-ring (bicyclic) bond motifs is 1. The molecule has 0 unspecified atom stereocenters. The summed E-state index contributed by atoms with van der Waals surface area (Å²) in [5.41, 5.74) is 6.16. The number of nitrogens with zero attached hydrogens (tertiary/aromatic N) is 1. The van der Waals surface area contributed by atoms with Crippen LogP contribution >= 0.6 is 0 Å². The monoisotopic (exact) mass is 346 g/mol. The molecule has 128 valence electrons. The maximum absolute atomic E-state index is 12.6. The van der Waals surface area contributed by atoms with E-state index in [9.17, 15) is 23.1 Å². The summed E-state index contributed by atoms with van der Waals surface area (Å²) in [5, 5.41) is 10.6. The molecule has 0 aliphatic heterocycles. The van der Waals surface area contributed by atoms with Gasteiger partial charge in [-0.3, -0.25) is 9.78 Å². The molecule has 0 atom stereocenters. The van der Waals surface area contributed by atoms with Gasteiger partial charge in [-0.25, -0.2) is 0 Å². The zero-order valence-corrected chi connectivity index (χ0v) is 12.8. The Morgan fingerprint density at radius 3 is 2.36 bits per heavy atom. The first-order chi connectivity index (χ1) is 11.8. The van der Waals surface area contributed by atoms with E-state index in [2.05, 4.69) is 4.98 Å². The highest BCUT2D eigenvalue weighted by molar-refractivity contribution is 6.01. The Kier molecular flexibility index (Phi) is 4.08. The van der Waals surface area contributed by atoms with Crippen molar-refractivity contribution in [2.75, 3.05) is 0 Å². The largest absolute Gasteiger partial charge is 0.505 e. The minimum atomic E-state index is -4.36. The van der Waals surface area contributed by atoms with Gasteiger partial charge >= 0.3 is 6.18 Å². The van der Waals surface area contributed by atoms with E-state index in [4.69, 9.17) is 5.73 Å². The van der Waals surface area contributed by atoms with Crippen molar-refractivity contribution in [3.63, 3.8) is 0 Å². The van der Waals surface area contributed by atoms with E-state index in [-0.39, 0.29) is 16.8 Å². The summed E-state index contributed by atoms with van der Waals surface area (Å²) in [6.45, 7) is 0. The third-order valence-corrected chi connectivity index (χ3v) is 3.84. The molecule has 0 aliphatic carbocycles. The Morgan fingerprint density at radius 2 is 1.76 bits per heavy atom. The molecule has 7 heteroatoms. The molecule has 3 rings (SSSR count). The SMILES string of the molecule is NC(=O)c1ccc2cc(Cc3ccc(C(F)(F)F)cc3)cnc2c1O. The summed E-state index contributed by atoms with van der Waals surface area (Å²) >= 11 is 0. The van der Waals surface area contributed by atoms with Crippen LogP contribution in [0.3, 0.4) is 0 Å². The number of alkyl halides is 3. The molecule has 0 saturated heterocycles. The molecule has 0 bridgehead atoms. The molecule has 2 aromatic carbocycles. The number of amides is 1. The number of primary amides is 1. The van der Waals surface area contributed by atoms with Crippen molar-refractivity contribution in [3.05, 3.63) is 70.9 Å². The van der Waals surface area contributed by atoms with Crippen molar-refractivity contribution in [3.8, 4) is 5.75 Å². The van der Waals surface area contributed by atoms with Gasteiger partial charge in [-0.05, 0) is 41.8 Å². The predicted octanol–water partition coefficient (Wildman–Crippen LogP) is 3.65. The van der Waals surface area contributed by atoms with Crippen molar-refractivity contribution >= 4 is 16.8 Å². The summed E-state index contributed by atoms with van der Waals surface area (Å²) in [5.74, 6) is -1.04. The van der Waals surface area contributed by atoms with Crippen LogP contribution in [0.2, 0.25) is 0 Å². The standard InChI is InChI=1S/C18H13F3N2O2/c19-18(20,21)13-4-1-10(2-5-13)7-11-8-12-3-6-14(17(22)25)16(24)15(12)23-9-11/h1-6,8-9,24H,7H2,(H2,22,25). The molecule has 4 nitrogen and oxygen atoms in total. The molecular weight excluding hydrogens is 333 g/mol. The number of halogens is 3. The number of hydrogen-bond acceptors (Lipinski definition) is 3. The lowest BCUT2D eigenvalue weighted by Gasteiger charge is -2.09. The fraction of sp³-hybridized carbons (Fsp3) is 0.111. The lowest BCUT2D eigenvalue weighted by atomic mass is 10.0. The van der Waals surface area contributed by atoms with Crippen molar-refractivity contribution in [1.29, 1.82) is 0 Å². The van der Waals surface area contributed by atoms with Gasteiger partial charge in [0.2, 0.25) is 0 Å². The van der Waals surface area contributed by atoms with Gasteiger partial charge in [0.1, 0.15) is 5.52 Å². The molecule has 3 aromatic rings. The first-order valence-electron chi connectivity index (χ1n) is 7.32. The fourth-order valence-electron chi connectivity index (χ4n) is 2.57. The Morgan fingerprint density at radius 1 is 1.08 bits per heavy atom. The van der Waals surface area contributed by atoms with Crippen LogP contribution in [-0.4, -0.2) is 16.0 Å². The molecule has 0 radical (unpaired) electrons. The highest BCUT2D eigenvalue weighted by atomic mass is 19.4. The van der Waals surface area contributed by atoms with Crippen LogP contribution in [-0.2, 0) is 12.6 Å². The van der Waals surface area contributed by atoms with E-state index in [1.807, 2.05) is 0 Å². The van der Waals surface area contributed by atoms with E-state index in [0.29, 0.717) is 17.4 Å². The number of benzene rings is 2. The maximum Gasteiger partial charge on any atom is 0.416 e. The smallest absolute Gasteiger partial charge is 0.416 e. The number of hydrogen-bond donors (Lipinski definition) is 2. The number of pyridine rings is 1. The highest BCUT2D eigenvalue weighted by Gasteiger charge is 2.29. The second kappa shape index (κ2) is 6.08. The average molecular weight is 346 g/mol. The second-order valence-corrected chi connectivity index (χ2v) is 5.61. The molecule has 3 N–H and O–H groups in total. The van der Waals surface area contributed by atoms with Crippen LogP contribution in [0.5, 0.6) is 5.75 Å². The fourth-order valence-corrected chi connectivity index (χ4v) is 2.57. The molecule has 1 aromatic heterocycles. The number of rotatable bonds is 3. The van der Waals surface area contributed by atoms with Crippen LogP contribution in [0.1, 0.15) is 27.0 Å². The zero-order valence-electron chi connectivity index (χ0n) is 12.8. The number of nitrogens with two attached hydrogens (primary N) is 1. The Bertz CT molecular complexity index is 951. The maximum atomic E-state index is 12.6. The van der Waals surface area contributed by atoms with Crippen LogP contribution < -0.4 is 5.73 Å². The van der Waals surface area contributed by atoms with Gasteiger partial charge in [0.05, 0.1) is 11.1 Å². The number of aromatic hydroxyl groups is 1. The van der Waals surface area contributed by atoms with Crippen molar-refractivity contribution in [2.45, 2.75) is 12.6 Å². The normalized spacial score (nSPS) is 11.6. The van der Waals surface area contributed by atoms with Crippen LogP contribution in [0.4, 0.5) is 13.2 Å². The predicted molar refractivity (Wildman–Crippen MR) is 86.2 cm³/mol. The zero-order chi connectivity index (χ0) is 18.2.